The van der Waals surface area contributed by atoms with Crippen LogP contribution in [-0.2, 0) is 15.2 Å². The first-order valence-electron chi connectivity index (χ1n) is 3.08. The summed E-state index contributed by atoms with van der Waals surface area (Å²) in [4.78, 5) is 0. The molecule has 0 atom stereocenters. The molecular weight excluding hydrogens is 124 g/mol. The molecule has 0 bridgehead atoms. The van der Waals surface area contributed by atoms with Gasteiger partial charge in [0.15, 0.2) is 0 Å². The summed E-state index contributed by atoms with van der Waals surface area (Å²) in [6, 6.07) is 0. The monoisotopic (exact) mass is 136 g/mol. The summed E-state index contributed by atoms with van der Waals surface area (Å²) in [5.74, 6) is 0. The third kappa shape index (κ3) is 2.37. The number of hydrogen-bond donors (Lipinski definition) is 0. The molecule has 1 heterocycles. The zero-order valence-corrected chi connectivity index (χ0v) is 5.93. The van der Waals surface area contributed by atoms with Crippen LogP contribution in [0.1, 0.15) is 25.7 Å². The molecule has 0 aromatic heterocycles. The van der Waals surface area contributed by atoms with Gasteiger partial charge in [-0.05, 0) is 0 Å². The fraction of sp³-hybridized carbons (Fsp3) is 1.00. The summed E-state index contributed by atoms with van der Waals surface area (Å²) >= 11 is 1.04. The quantitative estimate of drug-likeness (QED) is 0.480. The van der Waals surface area contributed by atoms with Crippen molar-refractivity contribution in [3.05, 3.63) is 0 Å². The van der Waals surface area contributed by atoms with E-state index in [1.54, 1.807) is 10.6 Å². The molecule has 0 aromatic rings. The summed E-state index contributed by atoms with van der Waals surface area (Å²) in [6.07, 6.45) is 6.09. The van der Waals surface area contributed by atoms with E-state index in [-0.39, 0.29) is 0 Å². The van der Waals surface area contributed by atoms with E-state index < -0.39 is 0 Å². The van der Waals surface area contributed by atoms with Crippen LogP contribution in [0.15, 0.2) is 0 Å². The molecule has 0 aromatic carbocycles. The van der Waals surface area contributed by atoms with E-state index in [9.17, 15) is 0 Å². The molecule has 0 unspecified atom stereocenters. The van der Waals surface area contributed by atoms with Crippen LogP contribution in [0.25, 0.3) is 0 Å². The van der Waals surface area contributed by atoms with Gasteiger partial charge in [-0.1, -0.05) is 0 Å². The van der Waals surface area contributed by atoms with Gasteiger partial charge in [-0.15, -0.1) is 0 Å². The Bertz CT molecular complexity index is 23.8. The fourth-order valence-electron chi connectivity index (χ4n) is 0.864. The Labute approximate surface area is 52.0 Å². The minimum atomic E-state index is 1.04. The van der Waals surface area contributed by atoms with Gasteiger partial charge in [0.1, 0.15) is 0 Å². The van der Waals surface area contributed by atoms with Gasteiger partial charge in [0, 0.05) is 0 Å². The Balaban J connectivity index is 2.04. The summed E-state index contributed by atoms with van der Waals surface area (Å²) in [7, 11) is 0. The zero-order chi connectivity index (χ0) is 4.95. The van der Waals surface area contributed by atoms with Crippen molar-refractivity contribution in [2.75, 3.05) is 0 Å². The van der Waals surface area contributed by atoms with Gasteiger partial charge in [-0.2, -0.15) is 0 Å². The van der Waals surface area contributed by atoms with Crippen LogP contribution in [0.4, 0.5) is 0 Å². The molecule has 1 aliphatic heterocycles. The Morgan fingerprint density at radius 2 is 1.29 bits per heavy atom. The normalized spacial score (nSPS) is 24.0. The van der Waals surface area contributed by atoms with E-state index in [0.717, 1.165) is 15.2 Å². The fourth-order valence-corrected chi connectivity index (χ4v) is 2.46. The van der Waals surface area contributed by atoms with Crippen molar-refractivity contribution in [2.45, 2.75) is 36.2 Å². The molecule has 1 heteroatoms. The van der Waals surface area contributed by atoms with Gasteiger partial charge < -0.3 is 0 Å². The van der Waals surface area contributed by atoms with Crippen LogP contribution < -0.4 is 0 Å². The molecule has 0 amide bonds. The van der Waals surface area contributed by atoms with Crippen molar-refractivity contribution < 1.29 is 15.2 Å². The van der Waals surface area contributed by atoms with E-state index in [1.165, 1.54) is 25.7 Å². The predicted molar refractivity (Wildman–Crippen MR) is 28.1 cm³/mol. The first-order chi connectivity index (χ1) is 3.50. The van der Waals surface area contributed by atoms with Crippen molar-refractivity contribution in [2.24, 2.45) is 0 Å². The average molecular weight is 136 g/mol. The predicted octanol–water partition coefficient (Wildman–Crippen LogP) is 2.48. The molecule has 1 aliphatic rings. The molecule has 0 N–H and O–H groups in total. The number of rotatable bonds is 0. The number of hydrogen-bond acceptors (Lipinski definition) is 0. The van der Waals surface area contributed by atoms with E-state index in [0.29, 0.717) is 0 Å². The first kappa shape index (κ1) is 5.67. The minimum absolute atomic E-state index is 1.04. The molecule has 1 rings (SSSR count). The van der Waals surface area contributed by atoms with Crippen LogP contribution in [-0.4, -0.2) is 0 Å². The summed E-state index contributed by atoms with van der Waals surface area (Å²) in [5.41, 5.74) is 0. The van der Waals surface area contributed by atoms with Crippen molar-refractivity contribution >= 4 is 0 Å². The van der Waals surface area contributed by atoms with Gasteiger partial charge in [0.2, 0.25) is 0 Å². The molecule has 42 valence electrons. The third-order valence-electron chi connectivity index (χ3n) is 1.33. The second-order valence-corrected chi connectivity index (χ2v) is 3.94. The maximum atomic E-state index is 1.56. The standard InChI is InChI=1S/C6H12.Cr/c1-3-5-6-4-2;/h1-6H2;. The van der Waals surface area contributed by atoms with E-state index in [4.69, 9.17) is 0 Å². The molecular formula is C6H12Cr. The second kappa shape index (κ2) is 3.52. The SMILES string of the molecule is C1CC[CH2][Cr][CH2]C1. The van der Waals surface area contributed by atoms with Crippen LogP contribution in [0.5, 0.6) is 0 Å². The maximum absolute atomic E-state index is 1.56. The molecule has 7 heavy (non-hydrogen) atoms. The van der Waals surface area contributed by atoms with Crippen molar-refractivity contribution in [3.8, 4) is 0 Å². The van der Waals surface area contributed by atoms with Crippen LogP contribution in [0.2, 0.25) is 10.6 Å². The average Bonchev–Trinajstić information content (AvgIpc) is 1.90. The zero-order valence-electron chi connectivity index (χ0n) is 4.65. The van der Waals surface area contributed by atoms with Crippen molar-refractivity contribution in [3.63, 3.8) is 0 Å². The van der Waals surface area contributed by atoms with Crippen LogP contribution >= 0.6 is 0 Å². The van der Waals surface area contributed by atoms with Crippen molar-refractivity contribution in [1.29, 1.82) is 0 Å². The van der Waals surface area contributed by atoms with Gasteiger partial charge in [0.25, 0.3) is 0 Å². The Hall–Kier alpha value is 0.532. The van der Waals surface area contributed by atoms with Crippen molar-refractivity contribution in [1.82, 2.24) is 0 Å². The van der Waals surface area contributed by atoms with E-state index >= 15 is 0 Å². The van der Waals surface area contributed by atoms with E-state index in [2.05, 4.69) is 0 Å². The Morgan fingerprint density at radius 3 is 1.86 bits per heavy atom. The van der Waals surface area contributed by atoms with Gasteiger partial charge >= 0.3 is 51.5 Å². The Morgan fingerprint density at radius 1 is 0.714 bits per heavy atom. The van der Waals surface area contributed by atoms with Gasteiger partial charge in [0.05, 0.1) is 0 Å². The molecule has 1 saturated heterocycles. The van der Waals surface area contributed by atoms with Crippen LogP contribution in [0, 0.1) is 0 Å². The van der Waals surface area contributed by atoms with Gasteiger partial charge in [-0.3, -0.25) is 0 Å². The molecule has 0 spiro atoms. The second-order valence-electron chi connectivity index (χ2n) is 2.03. The topological polar surface area (TPSA) is 0 Å². The molecule has 0 saturated carbocycles. The van der Waals surface area contributed by atoms with Gasteiger partial charge in [-0.25, -0.2) is 0 Å². The van der Waals surface area contributed by atoms with Crippen LogP contribution in [0.3, 0.4) is 0 Å². The third-order valence-corrected chi connectivity index (χ3v) is 3.13. The molecule has 0 nitrogen and oxygen atoms in total. The molecule has 1 fully saturated rings. The van der Waals surface area contributed by atoms with E-state index in [1.807, 2.05) is 0 Å². The summed E-state index contributed by atoms with van der Waals surface area (Å²) in [6.45, 7) is 0. The first-order valence-corrected chi connectivity index (χ1v) is 4.88. The Kier molecular flexibility index (Phi) is 2.85. The summed E-state index contributed by atoms with van der Waals surface area (Å²) in [5, 5.41) is 3.12. The summed E-state index contributed by atoms with van der Waals surface area (Å²) < 4.78 is 0. The molecule has 0 aliphatic carbocycles. The molecule has 0 radical (unpaired) electrons.